The second-order valence-electron chi connectivity index (χ2n) is 11.7. The molecule has 2 heterocycles. The molecule has 0 aliphatic carbocycles. The van der Waals surface area contributed by atoms with Gasteiger partial charge in [0.25, 0.3) is 11.7 Å². The van der Waals surface area contributed by atoms with Gasteiger partial charge in [0.2, 0.25) is 0 Å². The van der Waals surface area contributed by atoms with Gasteiger partial charge in [0, 0.05) is 31.7 Å². The molecule has 2 fully saturated rings. The van der Waals surface area contributed by atoms with Gasteiger partial charge in [0.05, 0.1) is 38.5 Å². The van der Waals surface area contributed by atoms with E-state index in [2.05, 4.69) is 11.8 Å². The number of hydrogen-bond donors (Lipinski definition) is 1. The maximum absolute atomic E-state index is 13.6. The van der Waals surface area contributed by atoms with Crippen LogP contribution in [0.1, 0.15) is 54.5 Å². The Hall–Kier alpha value is -4.34. The Morgan fingerprint density at radius 2 is 1.70 bits per heavy atom. The van der Waals surface area contributed by atoms with Gasteiger partial charge in [-0.1, -0.05) is 50.1 Å². The van der Waals surface area contributed by atoms with Crippen LogP contribution in [0, 0.1) is 6.92 Å². The molecule has 0 radical (unpaired) electrons. The van der Waals surface area contributed by atoms with Crippen molar-refractivity contribution in [2.75, 3.05) is 53.1 Å². The number of nitrogens with zero attached hydrogens (tertiary/aromatic N) is 2. The van der Waals surface area contributed by atoms with Crippen molar-refractivity contribution in [3.63, 3.8) is 0 Å². The Balaban J connectivity index is 1.44. The molecule has 2 saturated heterocycles. The van der Waals surface area contributed by atoms with Crippen LogP contribution < -0.4 is 14.2 Å². The third-order valence-corrected chi connectivity index (χ3v) is 8.59. The Kier molecular flexibility index (Phi) is 11.3. The highest BCUT2D eigenvalue weighted by atomic mass is 16.5. The topological polar surface area (TPSA) is 97.8 Å². The van der Waals surface area contributed by atoms with Gasteiger partial charge < -0.3 is 29.0 Å². The van der Waals surface area contributed by atoms with Crippen LogP contribution >= 0.6 is 0 Å². The summed E-state index contributed by atoms with van der Waals surface area (Å²) in [6.45, 7) is 8.81. The molecule has 0 saturated carbocycles. The van der Waals surface area contributed by atoms with Crippen molar-refractivity contribution >= 4 is 17.4 Å². The Morgan fingerprint density at radius 1 is 0.935 bits per heavy atom. The SMILES string of the molecule is CCCCCOc1ccc(C2/C(=C(\O)c3ccc(OCc4ccccc4C)cc3)C(=O)C(=O)N2CCN2CCOCC2)cc1OC. The number of Topliss-reactive ketones (excluding diaryl/α,β-unsaturated/α-hetero) is 1. The highest BCUT2D eigenvalue weighted by Crippen LogP contribution is 2.42. The summed E-state index contributed by atoms with van der Waals surface area (Å²) in [5, 5.41) is 11.6. The fourth-order valence-electron chi connectivity index (χ4n) is 5.84. The number of aliphatic hydroxyl groups is 1. The maximum atomic E-state index is 13.6. The van der Waals surface area contributed by atoms with Crippen molar-refractivity contribution in [2.45, 2.75) is 45.8 Å². The molecule has 3 aromatic rings. The van der Waals surface area contributed by atoms with E-state index in [1.165, 1.54) is 0 Å². The van der Waals surface area contributed by atoms with E-state index in [0.29, 0.717) is 67.9 Å². The third-order valence-electron chi connectivity index (χ3n) is 8.59. The molecule has 5 rings (SSSR count). The van der Waals surface area contributed by atoms with Crippen LogP contribution in [0.3, 0.4) is 0 Å². The van der Waals surface area contributed by atoms with Gasteiger partial charge in [-0.2, -0.15) is 0 Å². The fourth-order valence-corrected chi connectivity index (χ4v) is 5.84. The summed E-state index contributed by atoms with van der Waals surface area (Å²) in [6.07, 6.45) is 3.09. The molecular formula is C37H44N2O7. The zero-order valence-corrected chi connectivity index (χ0v) is 27.0. The number of methoxy groups -OCH3 is 1. The Morgan fingerprint density at radius 3 is 2.41 bits per heavy atom. The molecule has 9 nitrogen and oxygen atoms in total. The molecule has 9 heteroatoms. The van der Waals surface area contributed by atoms with E-state index in [9.17, 15) is 14.7 Å². The van der Waals surface area contributed by atoms with E-state index in [-0.39, 0.29) is 11.3 Å². The quantitative estimate of drug-likeness (QED) is 0.102. The molecule has 0 bridgehead atoms. The zero-order valence-electron chi connectivity index (χ0n) is 27.0. The lowest BCUT2D eigenvalue weighted by Crippen LogP contribution is -2.42. The van der Waals surface area contributed by atoms with Gasteiger partial charge in [0.1, 0.15) is 18.1 Å². The molecule has 0 aromatic heterocycles. The Bertz CT molecular complexity index is 1530. The number of morpholine rings is 1. The summed E-state index contributed by atoms with van der Waals surface area (Å²) < 4.78 is 23.1. The van der Waals surface area contributed by atoms with Gasteiger partial charge in [-0.15, -0.1) is 0 Å². The van der Waals surface area contributed by atoms with Crippen molar-refractivity contribution in [3.05, 3.63) is 94.6 Å². The fraction of sp³-hybridized carbons (Fsp3) is 0.405. The zero-order chi connectivity index (χ0) is 32.5. The first-order chi connectivity index (χ1) is 22.4. The number of hydrogen-bond acceptors (Lipinski definition) is 8. The van der Waals surface area contributed by atoms with Crippen LogP contribution in [-0.4, -0.2) is 79.7 Å². The minimum absolute atomic E-state index is 0.0409. The largest absolute Gasteiger partial charge is 0.507 e. The highest BCUT2D eigenvalue weighted by molar-refractivity contribution is 6.46. The number of aliphatic hydroxyl groups excluding tert-OH is 1. The number of amides is 1. The number of ether oxygens (including phenoxy) is 4. The number of likely N-dealkylation sites (tertiary alicyclic amines) is 1. The lowest BCUT2D eigenvalue weighted by atomic mass is 9.95. The van der Waals surface area contributed by atoms with Crippen LogP contribution in [0.15, 0.2) is 72.3 Å². The molecule has 2 aliphatic rings. The summed E-state index contributed by atoms with van der Waals surface area (Å²) in [6, 6.07) is 19.6. The minimum Gasteiger partial charge on any atom is -0.507 e. The molecule has 46 heavy (non-hydrogen) atoms. The van der Waals surface area contributed by atoms with Crippen LogP contribution in [0.5, 0.6) is 17.2 Å². The van der Waals surface area contributed by atoms with Gasteiger partial charge in [-0.3, -0.25) is 14.5 Å². The van der Waals surface area contributed by atoms with Gasteiger partial charge in [-0.25, -0.2) is 0 Å². The molecule has 1 atom stereocenters. The number of carbonyl (C=O) groups is 2. The standard InChI is InChI=1S/C37H44N2O7/c1-4-5-8-21-45-31-16-13-28(24-32(31)43-3)34-33(36(41)37(42)39(34)18-17-38-19-22-44-23-20-38)35(40)27-11-14-30(15-12-27)46-25-29-10-7-6-9-26(29)2/h6-7,9-16,24,34,40H,4-5,8,17-23,25H2,1-3H3/b35-33+. The van der Waals surface area contributed by atoms with Crippen LogP contribution in [0.4, 0.5) is 0 Å². The average Bonchev–Trinajstić information content (AvgIpc) is 3.34. The maximum Gasteiger partial charge on any atom is 0.295 e. The monoisotopic (exact) mass is 628 g/mol. The van der Waals surface area contributed by atoms with E-state index in [1.807, 2.05) is 43.3 Å². The van der Waals surface area contributed by atoms with E-state index in [4.69, 9.17) is 18.9 Å². The first-order valence-electron chi connectivity index (χ1n) is 16.1. The van der Waals surface area contributed by atoms with E-state index < -0.39 is 17.7 Å². The smallest absolute Gasteiger partial charge is 0.295 e. The summed E-state index contributed by atoms with van der Waals surface area (Å²) in [5.74, 6) is 0.125. The summed E-state index contributed by atoms with van der Waals surface area (Å²) in [7, 11) is 1.57. The lowest BCUT2D eigenvalue weighted by molar-refractivity contribution is -0.140. The molecule has 2 aliphatic heterocycles. The molecule has 0 spiro atoms. The van der Waals surface area contributed by atoms with Crippen LogP contribution in [-0.2, 0) is 20.9 Å². The molecule has 1 N–H and O–H groups in total. The molecule has 1 unspecified atom stereocenters. The number of aryl methyl sites for hydroxylation is 1. The van der Waals surface area contributed by atoms with Gasteiger partial charge in [0.15, 0.2) is 11.5 Å². The van der Waals surface area contributed by atoms with Crippen molar-refractivity contribution in [1.82, 2.24) is 9.80 Å². The normalized spacial score (nSPS) is 18.2. The summed E-state index contributed by atoms with van der Waals surface area (Å²) in [4.78, 5) is 30.9. The minimum atomic E-state index is -0.805. The van der Waals surface area contributed by atoms with Crippen molar-refractivity contribution in [2.24, 2.45) is 0 Å². The first kappa shape index (κ1) is 33.0. The summed E-state index contributed by atoms with van der Waals surface area (Å²) in [5.41, 5.74) is 3.34. The third kappa shape index (κ3) is 7.71. The van der Waals surface area contributed by atoms with E-state index in [1.54, 1.807) is 42.3 Å². The molecule has 1 amide bonds. The predicted molar refractivity (Wildman–Crippen MR) is 176 cm³/mol. The summed E-state index contributed by atoms with van der Waals surface area (Å²) >= 11 is 0. The van der Waals surface area contributed by atoms with Crippen molar-refractivity contribution < 1.29 is 33.6 Å². The molecule has 3 aromatic carbocycles. The number of carbonyl (C=O) groups excluding carboxylic acids is 2. The lowest BCUT2D eigenvalue weighted by Gasteiger charge is -2.31. The van der Waals surface area contributed by atoms with Crippen molar-refractivity contribution in [1.29, 1.82) is 0 Å². The van der Waals surface area contributed by atoms with E-state index >= 15 is 0 Å². The van der Waals surface area contributed by atoms with Crippen molar-refractivity contribution in [3.8, 4) is 17.2 Å². The van der Waals surface area contributed by atoms with Crippen LogP contribution in [0.25, 0.3) is 5.76 Å². The van der Waals surface area contributed by atoms with Crippen LogP contribution in [0.2, 0.25) is 0 Å². The molecular weight excluding hydrogens is 584 g/mol. The van der Waals surface area contributed by atoms with Gasteiger partial charge in [-0.05, 0) is 66.4 Å². The number of ketones is 1. The number of unbranched alkanes of at least 4 members (excludes halogenated alkanes) is 2. The number of benzene rings is 3. The Labute approximate surface area is 271 Å². The predicted octanol–water partition coefficient (Wildman–Crippen LogP) is 5.91. The van der Waals surface area contributed by atoms with E-state index in [0.717, 1.165) is 43.5 Å². The molecule has 244 valence electrons. The highest BCUT2D eigenvalue weighted by Gasteiger charge is 2.46. The number of rotatable bonds is 14. The second kappa shape index (κ2) is 15.8. The first-order valence-corrected chi connectivity index (χ1v) is 16.1. The average molecular weight is 629 g/mol. The second-order valence-corrected chi connectivity index (χ2v) is 11.7. The van der Waals surface area contributed by atoms with Gasteiger partial charge >= 0.3 is 0 Å².